The zero-order valence-corrected chi connectivity index (χ0v) is 32.9. The summed E-state index contributed by atoms with van der Waals surface area (Å²) in [5.41, 5.74) is 15.4. The first kappa shape index (κ1) is 33.3. The average Bonchev–Trinajstić information content (AvgIpc) is 3.93. The fraction of sp³-hybridized carbons (Fsp3) is 0.0185. The van der Waals surface area contributed by atoms with E-state index in [4.69, 9.17) is 9.97 Å². The first-order valence-electron chi connectivity index (χ1n) is 20.1. The molecule has 0 fully saturated rings. The van der Waals surface area contributed by atoms with Gasteiger partial charge in [-0.25, -0.2) is 0 Å². The van der Waals surface area contributed by atoms with E-state index < -0.39 is 5.41 Å². The van der Waals surface area contributed by atoms with Gasteiger partial charge < -0.3 is 9.13 Å². The van der Waals surface area contributed by atoms with E-state index in [9.17, 15) is 5.26 Å². The summed E-state index contributed by atoms with van der Waals surface area (Å²) < 4.78 is 4.71. The van der Waals surface area contributed by atoms with E-state index in [-0.39, 0.29) is 0 Å². The molecule has 13 rings (SSSR count). The van der Waals surface area contributed by atoms with Crippen LogP contribution in [0.25, 0.3) is 77.5 Å². The normalized spacial score (nSPS) is 15.0. The van der Waals surface area contributed by atoms with Crippen LogP contribution in [0.5, 0.6) is 0 Å². The van der Waals surface area contributed by atoms with Crippen LogP contribution in [-0.4, -0.2) is 19.1 Å². The Morgan fingerprint density at radius 2 is 1.10 bits per heavy atom. The summed E-state index contributed by atoms with van der Waals surface area (Å²) in [7, 11) is 0. The Balaban J connectivity index is 1.07. The maximum Gasteiger partial charge on any atom is 0.0991 e. The number of rotatable bonds is 3. The molecule has 11 aromatic rings. The van der Waals surface area contributed by atoms with Crippen LogP contribution >= 0.6 is 11.8 Å². The van der Waals surface area contributed by atoms with E-state index in [1.165, 1.54) is 42.7 Å². The topological polar surface area (TPSA) is 59.4 Å². The maximum absolute atomic E-state index is 9.84. The number of nitrogens with zero attached hydrogens (tertiary/aromatic N) is 5. The molecule has 278 valence electrons. The van der Waals surface area contributed by atoms with Gasteiger partial charge in [0.2, 0.25) is 0 Å². The number of hydrogen-bond acceptors (Lipinski definition) is 4. The summed E-state index contributed by atoms with van der Waals surface area (Å²) in [5, 5.41) is 14.4. The number of para-hydroxylation sites is 3. The predicted octanol–water partition coefficient (Wildman–Crippen LogP) is 13.0. The van der Waals surface area contributed by atoms with Crippen molar-refractivity contribution in [2.45, 2.75) is 15.2 Å². The highest BCUT2D eigenvalue weighted by Crippen LogP contribution is 2.62. The minimum atomic E-state index is -0.685. The lowest BCUT2D eigenvalue weighted by Crippen LogP contribution is -2.32. The summed E-state index contributed by atoms with van der Waals surface area (Å²) in [6.07, 6.45) is 3.92. The van der Waals surface area contributed by atoms with Crippen molar-refractivity contribution in [3.8, 4) is 40.0 Å². The van der Waals surface area contributed by atoms with Crippen LogP contribution in [0.1, 0.15) is 27.8 Å². The molecule has 0 saturated heterocycles. The third-order valence-corrected chi connectivity index (χ3v) is 13.8. The van der Waals surface area contributed by atoms with Gasteiger partial charge in [0.25, 0.3) is 0 Å². The molecule has 0 bridgehead atoms. The lowest BCUT2D eigenvalue weighted by Gasteiger charge is -2.39. The Hall–Kier alpha value is -7.72. The van der Waals surface area contributed by atoms with E-state index in [0.717, 1.165) is 66.8 Å². The number of hydrogen-bond donors (Lipinski definition) is 0. The SMILES string of the molecule is N#Cc1ccc2c(c1)c1ccccc1n2-c1ccc2c(c1)C1(c3ccccc3S2)c2cccnc2-c2ncc(-c3ccc4c(c3)c3ccccc3n4-c3ccccc3)cc21. The highest BCUT2D eigenvalue weighted by Gasteiger charge is 2.52. The average molecular weight is 782 g/mol. The Bertz CT molecular complexity index is 3670. The van der Waals surface area contributed by atoms with Crippen molar-refractivity contribution in [3.63, 3.8) is 0 Å². The van der Waals surface area contributed by atoms with Gasteiger partial charge in [0.1, 0.15) is 0 Å². The first-order chi connectivity index (χ1) is 29.7. The zero-order valence-electron chi connectivity index (χ0n) is 32.0. The van der Waals surface area contributed by atoms with Crippen LogP contribution in [0.3, 0.4) is 0 Å². The molecule has 1 aliphatic carbocycles. The standard InChI is InChI=1S/C54H31N5S/c55-31-33-20-23-48-40(27-33)38-13-4-8-18-47(38)59(48)37-22-25-51-44(30-37)54(42-15-6-9-19-50(42)60-51)43-16-10-26-56-52(43)53-45(54)29-35(32-57-53)34-21-24-49-41(28-34)39-14-5-7-17-46(39)58(49)36-11-2-1-3-12-36/h1-30,32H. The lowest BCUT2D eigenvalue weighted by molar-refractivity contribution is 0.718. The summed E-state index contributed by atoms with van der Waals surface area (Å²) in [6.45, 7) is 0. The highest BCUT2D eigenvalue weighted by atomic mass is 32.2. The van der Waals surface area contributed by atoms with Crippen LogP contribution < -0.4 is 0 Å². The zero-order chi connectivity index (χ0) is 39.5. The minimum Gasteiger partial charge on any atom is -0.309 e. The second-order valence-electron chi connectivity index (χ2n) is 15.7. The van der Waals surface area contributed by atoms with Crippen molar-refractivity contribution in [2.24, 2.45) is 0 Å². The Morgan fingerprint density at radius 3 is 1.92 bits per heavy atom. The number of benzene rings is 7. The third kappa shape index (κ3) is 4.42. The number of nitriles is 1. The molecule has 1 atom stereocenters. The number of fused-ring (bicyclic) bond motifs is 15. The fourth-order valence-corrected chi connectivity index (χ4v) is 11.4. The van der Waals surface area contributed by atoms with Crippen LogP contribution in [0.4, 0.5) is 0 Å². The first-order valence-corrected chi connectivity index (χ1v) is 20.9. The molecule has 1 spiro atoms. The molecule has 7 aromatic carbocycles. The van der Waals surface area contributed by atoms with Crippen LogP contribution in [0.2, 0.25) is 0 Å². The molecule has 0 amide bonds. The molecular formula is C54H31N5S. The van der Waals surface area contributed by atoms with Gasteiger partial charge in [-0.05, 0) is 113 Å². The van der Waals surface area contributed by atoms with E-state index in [0.29, 0.717) is 5.56 Å². The number of aromatic nitrogens is 4. The van der Waals surface area contributed by atoms with Crippen molar-refractivity contribution in [3.05, 3.63) is 216 Å². The second kappa shape index (κ2) is 12.4. The summed E-state index contributed by atoms with van der Waals surface area (Å²) in [4.78, 5) is 12.8. The van der Waals surface area contributed by atoms with Gasteiger partial charge in [-0.3, -0.25) is 9.97 Å². The largest absolute Gasteiger partial charge is 0.309 e. The Kier molecular flexibility index (Phi) is 6.87. The second-order valence-corrected chi connectivity index (χ2v) is 16.7. The molecule has 4 aromatic heterocycles. The smallest absolute Gasteiger partial charge is 0.0991 e. The lowest BCUT2D eigenvalue weighted by atomic mass is 9.67. The van der Waals surface area contributed by atoms with Gasteiger partial charge in [0.05, 0.1) is 50.5 Å². The van der Waals surface area contributed by atoms with Gasteiger partial charge in [-0.2, -0.15) is 5.26 Å². The molecule has 1 unspecified atom stereocenters. The van der Waals surface area contributed by atoms with Gasteiger partial charge in [-0.15, -0.1) is 0 Å². The van der Waals surface area contributed by atoms with Gasteiger partial charge in [0, 0.05) is 66.2 Å². The van der Waals surface area contributed by atoms with E-state index >= 15 is 0 Å². The highest BCUT2D eigenvalue weighted by molar-refractivity contribution is 7.99. The molecule has 5 nitrogen and oxygen atoms in total. The maximum atomic E-state index is 9.84. The molecule has 5 heterocycles. The minimum absolute atomic E-state index is 0.652. The van der Waals surface area contributed by atoms with Crippen molar-refractivity contribution in [1.82, 2.24) is 19.1 Å². The van der Waals surface area contributed by atoms with E-state index in [2.05, 4.69) is 179 Å². The quantitative estimate of drug-likeness (QED) is 0.179. The van der Waals surface area contributed by atoms with Crippen molar-refractivity contribution in [2.75, 3.05) is 0 Å². The fourth-order valence-electron chi connectivity index (χ4n) is 10.2. The molecule has 0 N–H and O–H groups in total. The van der Waals surface area contributed by atoms with E-state index in [1.54, 1.807) is 0 Å². The van der Waals surface area contributed by atoms with Crippen LogP contribution in [-0.2, 0) is 5.41 Å². The molecule has 1 aliphatic heterocycles. The molecule has 0 radical (unpaired) electrons. The summed E-state index contributed by atoms with van der Waals surface area (Å²) in [5.74, 6) is 0. The summed E-state index contributed by atoms with van der Waals surface area (Å²) in [6, 6.07) is 65.5. The molecular weight excluding hydrogens is 751 g/mol. The molecule has 0 saturated carbocycles. The van der Waals surface area contributed by atoms with Crippen LogP contribution in [0.15, 0.2) is 198 Å². The van der Waals surface area contributed by atoms with Gasteiger partial charge in [0.15, 0.2) is 0 Å². The van der Waals surface area contributed by atoms with Gasteiger partial charge >= 0.3 is 0 Å². The Labute approximate surface area is 349 Å². The Morgan fingerprint density at radius 1 is 0.450 bits per heavy atom. The molecule has 60 heavy (non-hydrogen) atoms. The number of pyridine rings is 2. The van der Waals surface area contributed by atoms with Crippen LogP contribution in [0, 0.1) is 11.3 Å². The van der Waals surface area contributed by atoms with Crippen molar-refractivity contribution in [1.29, 1.82) is 5.26 Å². The molecule has 2 aliphatic rings. The predicted molar refractivity (Wildman–Crippen MR) is 242 cm³/mol. The van der Waals surface area contributed by atoms with E-state index in [1.807, 2.05) is 36.3 Å². The summed E-state index contributed by atoms with van der Waals surface area (Å²) >= 11 is 1.83. The van der Waals surface area contributed by atoms with Crippen molar-refractivity contribution < 1.29 is 0 Å². The molecule has 6 heteroatoms. The monoisotopic (exact) mass is 781 g/mol. The van der Waals surface area contributed by atoms with Gasteiger partial charge in [-0.1, -0.05) is 96.7 Å². The third-order valence-electron chi connectivity index (χ3n) is 12.7. The van der Waals surface area contributed by atoms with Crippen molar-refractivity contribution >= 4 is 55.4 Å².